The fourth-order valence-electron chi connectivity index (χ4n) is 3.44. The van der Waals surface area contributed by atoms with Crippen molar-refractivity contribution in [3.63, 3.8) is 0 Å². The van der Waals surface area contributed by atoms with Crippen LogP contribution >= 0.6 is 0 Å². The van der Waals surface area contributed by atoms with Gasteiger partial charge in [-0.3, -0.25) is 0 Å². The fraction of sp³-hybridized carbons (Fsp3) is 0. The van der Waals surface area contributed by atoms with Crippen LogP contribution in [0.1, 0.15) is 0 Å². The molecule has 2 heterocycles. The SMILES string of the molecule is [Cu].c1ccc(-c2cccc3n[nH]nc23)cc1.c1ccc(-c2cccc3n[nH]nc23)cc1. The van der Waals surface area contributed by atoms with E-state index in [2.05, 4.69) is 67.2 Å². The molecule has 0 aliphatic carbocycles. The summed E-state index contributed by atoms with van der Waals surface area (Å²) in [6.45, 7) is 0. The van der Waals surface area contributed by atoms with Crippen molar-refractivity contribution in [1.82, 2.24) is 30.8 Å². The zero-order valence-corrected chi connectivity index (χ0v) is 17.3. The average Bonchev–Trinajstić information content (AvgIpc) is 3.50. The molecule has 0 amide bonds. The van der Waals surface area contributed by atoms with E-state index >= 15 is 0 Å². The van der Waals surface area contributed by atoms with E-state index in [-0.39, 0.29) is 17.1 Å². The van der Waals surface area contributed by atoms with E-state index in [1.165, 1.54) is 0 Å². The molecular weight excluding hydrogens is 436 g/mol. The van der Waals surface area contributed by atoms with Gasteiger partial charge in [0.25, 0.3) is 0 Å². The van der Waals surface area contributed by atoms with Crippen LogP contribution in [0.4, 0.5) is 0 Å². The molecule has 155 valence electrons. The molecule has 0 fully saturated rings. The number of rotatable bonds is 2. The van der Waals surface area contributed by atoms with Crippen molar-refractivity contribution in [1.29, 1.82) is 0 Å². The molecule has 0 saturated carbocycles. The summed E-state index contributed by atoms with van der Waals surface area (Å²) in [5, 5.41) is 21.8. The van der Waals surface area contributed by atoms with Crippen molar-refractivity contribution in [2.45, 2.75) is 0 Å². The van der Waals surface area contributed by atoms with E-state index in [9.17, 15) is 0 Å². The molecule has 6 nitrogen and oxygen atoms in total. The molecule has 2 aromatic heterocycles. The maximum absolute atomic E-state index is 4.16. The second-order valence-corrected chi connectivity index (χ2v) is 6.73. The van der Waals surface area contributed by atoms with Crippen molar-refractivity contribution in [3.05, 3.63) is 97.1 Å². The number of benzene rings is 4. The van der Waals surface area contributed by atoms with Crippen LogP contribution in [0.3, 0.4) is 0 Å². The Balaban J connectivity index is 0.000000144. The first kappa shape index (κ1) is 20.5. The second kappa shape index (κ2) is 9.34. The standard InChI is InChI=1S/2C12H9N3.Cu/c2*1-2-5-9(6-3-1)10-7-4-8-11-12(10)14-15-13-11;/h2*1-8H,(H,13,14,15);. The predicted octanol–water partition coefficient (Wildman–Crippen LogP) is 5.25. The Labute approximate surface area is 189 Å². The molecule has 0 unspecified atom stereocenters. The molecule has 2 N–H and O–H groups in total. The van der Waals surface area contributed by atoms with Crippen LogP contribution in [0.15, 0.2) is 97.1 Å². The Kier molecular flexibility index (Phi) is 6.17. The van der Waals surface area contributed by atoms with Crippen molar-refractivity contribution in [3.8, 4) is 22.3 Å². The van der Waals surface area contributed by atoms with Crippen LogP contribution in [-0.4, -0.2) is 30.8 Å². The third-order valence-electron chi connectivity index (χ3n) is 4.86. The number of aromatic nitrogens is 6. The van der Waals surface area contributed by atoms with Crippen LogP contribution in [0.25, 0.3) is 44.3 Å². The monoisotopic (exact) mass is 453 g/mol. The molecule has 6 rings (SSSR count). The molecular formula is C24H18CuN6. The first-order valence-corrected chi connectivity index (χ1v) is 9.60. The van der Waals surface area contributed by atoms with E-state index in [1.807, 2.05) is 60.7 Å². The largest absolute Gasteiger partial charge is 0.197 e. The van der Waals surface area contributed by atoms with Crippen molar-refractivity contribution < 1.29 is 17.1 Å². The van der Waals surface area contributed by atoms with Crippen LogP contribution in [0.2, 0.25) is 0 Å². The van der Waals surface area contributed by atoms with Crippen molar-refractivity contribution in [2.24, 2.45) is 0 Å². The maximum atomic E-state index is 4.16. The van der Waals surface area contributed by atoms with Gasteiger partial charge in [-0.1, -0.05) is 84.9 Å². The molecule has 0 aliphatic heterocycles. The summed E-state index contributed by atoms with van der Waals surface area (Å²) >= 11 is 0. The molecule has 4 aromatic carbocycles. The molecule has 1 radical (unpaired) electrons. The number of aromatic amines is 2. The number of fused-ring (bicyclic) bond motifs is 2. The summed E-state index contributed by atoms with van der Waals surface area (Å²) in [7, 11) is 0. The Morgan fingerprint density at radius 1 is 0.419 bits per heavy atom. The number of H-pyrrole nitrogens is 2. The molecule has 0 saturated heterocycles. The van der Waals surface area contributed by atoms with Gasteiger partial charge in [0, 0.05) is 28.2 Å². The van der Waals surface area contributed by atoms with Crippen LogP contribution < -0.4 is 0 Å². The van der Waals surface area contributed by atoms with E-state index in [4.69, 9.17) is 0 Å². The van der Waals surface area contributed by atoms with Crippen molar-refractivity contribution >= 4 is 22.1 Å². The van der Waals surface area contributed by atoms with Gasteiger partial charge in [0.1, 0.15) is 22.1 Å². The topological polar surface area (TPSA) is 83.1 Å². The van der Waals surface area contributed by atoms with Gasteiger partial charge in [-0.05, 0) is 23.3 Å². The fourth-order valence-corrected chi connectivity index (χ4v) is 3.44. The predicted molar refractivity (Wildman–Crippen MR) is 119 cm³/mol. The van der Waals surface area contributed by atoms with Gasteiger partial charge in [0.2, 0.25) is 0 Å². The Bertz CT molecular complexity index is 1280. The molecule has 0 bridgehead atoms. The van der Waals surface area contributed by atoms with E-state index in [0.717, 1.165) is 44.3 Å². The minimum absolute atomic E-state index is 0. The van der Waals surface area contributed by atoms with Gasteiger partial charge in [0.15, 0.2) is 0 Å². The number of hydrogen-bond donors (Lipinski definition) is 2. The molecule has 0 spiro atoms. The summed E-state index contributed by atoms with van der Waals surface area (Å²) in [6.07, 6.45) is 0. The zero-order chi connectivity index (χ0) is 20.2. The van der Waals surface area contributed by atoms with Crippen LogP contribution in [-0.2, 0) is 17.1 Å². The number of hydrogen-bond acceptors (Lipinski definition) is 4. The maximum Gasteiger partial charge on any atom is 0.120 e. The third-order valence-corrected chi connectivity index (χ3v) is 4.86. The van der Waals surface area contributed by atoms with Gasteiger partial charge in [-0.15, -0.1) is 0 Å². The number of nitrogens with one attached hydrogen (secondary N) is 2. The zero-order valence-electron chi connectivity index (χ0n) is 16.3. The second-order valence-electron chi connectivity index (χ2n) is 6.73. The summed E-state index contributed by atoms with van der Waals surface area (Å²) in [6, 6.07) is 32.4. The number of para-hydroxylation sites is 2. The minimum atomic E-state index is 0. The van der Waals surface area contributed by atoms with E-state index < -0.39 is 0 Å². The van der Waals surface area contributed by atoms with Gasteiger partial charge in [-0.25, -0.2) is 0 Å². The summed E-state index contributed by atoms with van der Waals surface area (Å²) in [4.78, 5) is 0. The molecule has 6 aromatic rings. The molecule has 7 heteroatoms. The first-order valence-electron chi connectivity index (χ1n) is 9.60. The van der Waals surface area contributed by atoms with Gasteiger partial charge < -0.3 is 0 Å². The number of nitrogens with zero attached hydrogens (tertiary/aromatic N) is 4. The van der Waals surface area contributed by atoms with Crippen LogP contribution in [0.5, 0.6) is 0 Å². The van der Waals surface area contributed by atoms with E-state index in [1.54, 1.807) is 0 Å². The summed E-state index contributed by atoms with van der Waals surface area (Å²) in [5.41, 5.74) is 8.19. The Hall–Kier alpha value is -3.80. The van der Waals surface area contributed by atoms with Crippen molar-refractivity contribution in [2.75, 3.05) is 0 Å². The van der Waals surface area contributed by atoms with Crippen LogP contribution in [0, 0.1) is 0 Å². The third kappa shape index (κ3) is 4.23. The van der Waals surface area contributed by atoms with E-state index in [0.29, 0.717) is 0 Å². The van der Waals surface area contributed by atoms with Gasteiger partial charge in [0.05, 0.1) is 0 Å². The van der Waals surface area contributed by atoms with Gasteiger partial charge in [-0.2, -0.15) is 30.8 Å². The quantitative estimate of drug-likeness (QED) is 0.351. The Morgan fingerprint density at radius 3 is 1.26 bits per heavy atom. The average molecular weight is 454 g/mol. The summed E-state index contributed by atoms with van der Waals surface area (Å²) < 4.78 is 0. The molecule has 31 heavy (non-hydrogen) atoms. The summed E-state index contributed by atoms with van der Waals surface area (Å²) in [5.74, 6) is 0. The molecule has 0 atom stereocenters. The minimum Gasteiger partial charge on any atom is -0.197 e. The van der Waals surface area contributed by atoms with Gasteiger partial charge >= 0.3 is 0 Å². The normalized spacial score (nSPS) is 10.3. The first-order chi connectivity index (χ1) is 14.9. The Morgan fingerprint density at radius 2 is 0.839 bits per heavy atom. The smallest absolute Gasteiger partial charge is 0.120 e. The molecule has 0 aliphatic rings.